The van der Waals surface area contributed by atoms with E-state index in [1.807, 2.05) is 0 Å². The lowest BCUT2D eigenvalue weighted by molar-refractivity contribution is -0.150. The number of carbonyl (C=O) groups excluding carboxylic acids is 1. The van der Waals surface area contributed by atoms with E-state index < -0.39 is 22.8 Å². The molecule has 5 nitrogen and oxygen atoms in total. The first kappa shape index (κ1) is 15.0. The molecule has 0 saturated heterocycles. The Labute approximate surface area is 108 Å². The first-order valence-electron chi connectivity index (χ1n) is 6.26. The van der Waals surface area contributed by atoms with E-state index in [9.17, 15) is 14.7 Å². The number of hydrogen-bond acceptors (Lipinski definition) is 3. The average Bonchev–Trinajstić information content (AvgIpc) is 2.17. The minimum Gasteiger partial charge on any atom is -0.480 e. The standard InChI is InChI=1S/C13H23NO4/c1-12(2,3)9(10(15)16)14-11(17)13(8-18-4)6-5-7-13/h9H,5-8H2,1-4H3,(H,14,17)(H,15,16)/t9-/m1/s1. The van der Waals surface area contributed by atoms with E-state index in [0.717, 1.165) is 19.3 Å². The Morgan fingerprint density at radius 2 is 1.94 bits per heavy atom. The zero-order valence-electron chi connectivity index (χ0n) is 11.6. The molecule has 18 heavy (non-hydrogen) atoms. The van der Waals surface area contributed by atoms with Crippen LogP contribution in [0.3, 0.4) is 0 Å². The summed E-state index contributed by atoms with van der Waals surface area (Å²) in [7, 11) is 1.56. The second-order valence-electron chi connectivity index (χ2n) is 6.18. The lowest BCUT2D eigenvalue weighted by Crippen LogP contribution is -2.56. The molecule has 1 aliphatic rings. The molecule has 1 saturated carbocycles. The molecule has 0 aromatic heterocycles. The Morgan fingerprint density at radius 3 is 2.22 bits per heavy atom. The number of methoxy groups -OCH3 is 1. The van der Waals surface area contributed by atoms with E-state index in [1.54, 1.807) is 27.9 Å². The maximum Gasteiger partial charge on any atom is 0.326 e. The monoisotopic (exact) mass is 257 g/mol. The molecule has 5 heteroatoms. The van der Waals surface area contributed by atoms with Gasteiger partial charge in [-0.2, -0.15) is 0 Å². The van der Waals surface area contributed by atoms with Crippen molar-refractivity contribution in [2.24, 2.45) is 10.8 Å². The summed E-state index contributed by atoms with van der Waals surface area (Å²) < 4.78 is 5.09. The summed E-state index contributed by atoms with van der Waals surface area (Å²) in [5.41, 5.74) is -1.03. The second kappa shape index (κ2) is 5.26. The van der Waals surface area contributed by atoms with Crippen molar-refractivity contribution >= 4 is 11.9 Å². The van der Waals surface area contributed by atoms with Gasteiger partial charge in [0.1, 0.15) is 6.04 Å². The zero-order chi connectivity index (χ0) is 14.0. The van der Waals surface area contributed by atoms with Gasteiger partial charge in [0.2, 0.25) is 5.91 Å². The Morgan fingerprint density at radius 1 is 1.39 bits per heavy atom. The van der Waals surface area contributed by atoms with Crippen molar-refractivity contribution in [3.63, 3.8) is 0 Å². The van der Waals surface area contributed by atoms with Crippen LogP contribution in [0.5, 0.6) is 0 Å². The largest absolute Gasteiger partial charge is 0.480 e. The highest BCUT2D eigenvalue weighted by Gasteiger charge is 2.46. The van der Waals surface area contributed by atoms with E-state index in [-0.39, 0.29) is 5.91 Å². The van der Waals surface area contributed by atoms with Gasteiger partial charge >= 0.3 is 5.97 Å². The van der Waals surface area contributed by atoms with E-state index in [1.165, 1.54) is 0 Å². The van der Waals surface area contributed by atoms with Crippen molar-refractivity contribution in [1.82, 2.24) is 5.32 Å². The summed E-state index contributed by atoms with van der Waals surface area (Å²) >= 11 is 0. The number of amides is 1. The number of aliphatic carboxylic acids is 1. The molecule has 0 aromatic carbocycles. The predicted molar refractivity (Wildman–Crippen MR) is 67.2 cm³/mol. The van der Waals surface area contributed by atoms with Gasteiger partial charge < -0.3 is 15.2 Å². The van der Waals surface area contributed by atoms with Crippen molar-refractivity contribution in [2.45, 2.75) is 46.1 Å². The van der Waals surface area contributed by atoms with Gasteiger partial charge in [-0.3, -0.25) is 4.79 Å². The number of carboxylic acid groups (broad SMARTS) is 1. The summed E-state index contributed by atoms with van der Waals surface area (Å²) in [6.07, 6.45) is 2.52. The fourth-order valence-corrected chi connectivity index (χ4v) is 2.25. The van der Waals surface area contributed by atoms with Gasteiger partial charge in [0.15, 0.2) is 0 Å². The van der Waals surface area contributed by atoms with Crippen LogP contribution in [-0.4, -0.2) is 36.7 Å². The van der Waals surface area contributed by atoms with Crippen LogP contribution in [0.4, 0.5) is 0 Å². The highest BCUT2D eigenvalue weighted by atomic mass is 16.5. The molecule has 0 aliphatic heterocycles. The fourth-order valence-electron chi connectivity index (χ4n) is 2.25. The molecular formula is C13H23NO4. The maximum atomic E-state index is 12.2. The van der Waals surface area contributed by atoms with Gasteiger partial charge in [0.25, 0.3) is 0 Å². The Hall–Kier alpha value is -1.10. The molecule has 2 N–H and O–H groups in total. The first-order chi connectivity index (χ1) is 8.23. The lowest BCUT2D eigenvalue weighted by Gasteiger charge is -2.41. The minimum atomic E-state index is -0.997. The SMILES string of the molecule is COCC1(C(=O)N[C@H](C(=O)O)C(C)(C)C)CCC1. The van der Waals surface area contributed by atoms with Crippen LogP contribution in [0.2, 0.25) is 0 Å². The van der Waals surface area contributed by atoms with Gasteiger partial charge in [-0.25, -0.2) is 4.79 Å². The van der Waals surface area contributed by atoms with Crippen molar-refractivity contribution in [2.75, 3.05) is 13.7 Å². The van der Waals surface area contributed by atoms with E-state index in [2.05, 4.69) is 5.32 Å². The molecule has 104 valence electrons. The van der Waals surface area contributed by atoms with Crippen LogP contribution in [-0.2, 0) is 14.3 Å². The van der Waals surface area contributed by atoms with Crippen LogP contribution in [0.15, 0.2) is 0 Å². The Kier molecular flexibility index (Phi) is 4.37. The van der Waals surface area contributed by atoms with Crippen LogP contribution in [0, 0.1) is 10.8 Å². The van der Waals surface area contributed by atoms with Crippen LogP contribution in [0.1, 0.15) is 40.0 Å². The van der Waals surface area contributed by atoms with Crippen LogP contribution >= 0.6 is 0 Å². The van der Waals surface area contributed by atoms with Gasteiger partial charge in [-0.05, 0) is 18.3 Å². The minimum absolute atomic E-state index is 0.196. The molecule has 1 fully saturated rings. The quantitative estimate of drug-likeness (QED) is 0.781. The van der Waals surface area contributed by atoms with Gasteiger partial charge in [-0.1, -0.05) is 27.2 Å². The second-order valence-corrected chi connectivity index (χ2v) is 6.18. The third-order valence-electron chi connectivity index (χ3n) is 3.60. The number of hydrogen-bond donors (Lipinski definition) is 2. The highest BCUT2D eigenvalue weighted by molar-refractivity contribution is 5.88. The third-order valence-corrected chi connectivity index (χ3v) is 3.60. The molecule has 0 heterocycles. The first-order valence-corrected chi connectivity index (χ1v) is 6.26. The summed E-state index contributed by atoms with van der Waals surface area (Å²) in [6, 6.07) is -0.876. The summed E-state index contributed by atoms with van der Waals surface area (Å²) in [5, 5.41) is 11.9. The molecular weight excluding hydrogens is 234 g/mol. The Balaban J connectivity index is 2.75. The lowest BCUT2D eigenvalue weighted by atomic mass is 9.68. The molecule has 0 spiro atoms. The molecule has 1 atom stereocenters. The van der Waals surface area contributed by atoms with E-state index in [0.29, 0.717) is 6.61 Å². The number of rotatable bonds is 5. The molecule has 0 unspecified atom stereocenters. The topological polar surface area (TPSA) is 75.6 Å². The van der Waals surface area contributed by atoms with Crippen molar-refractivity contribution in [1.29, 1.82) is 0 Å². The van der Waals surface area contributed by atoms with Crippen LogP contribution < -0.4 is 5.32 Å². The molecule has 0 aromatic rings. The van der Waals surface area contributed by atoms with Crippen LogP contribution in [0.25, 0.3) is 0 Å². The number of nitrogens with one attached hydrogen (secondary N) is 1. The van der Waals surface area contributed by atoms with Gasteiger partial charge in [-0.15, -0.1) is 0 Å². The maximum absolute atomic E-state index is 12.2. The average molecular weight is 257 g/mol. The molecule has 0 radical (unpaired) electrons. The zero-order valence-corrected chi connectivity index (χ0v) is 11.6. The number of ether oxygens (including phenoxy) is 1. The summed E-state index contributed by atoms with van der Waals surface area (Å²) in [5.74, 6) is -1.19. The number of carbonyl (C=O) groups is 2. The summed E-state index contributed by atoms with van der Waals surface area (Å²) in [4.78, 5) is 23.5. The molecule has 1 amide bonds. The van der Waals surface area contributed by atoms with E-state index >= 15 is 0 Å². The van der Waals surface area contributed by atoms with Crippen molar-refractivity contribution in [3.8, 4) is 0 Å². The van der Waals surface area contributed by atoms with Gasteiger partial charge in [0, 0.05) is 7.11 Å². The summed E-state index contributed by atoms with van der Waals surface area (Å²) in [6.45, 7) is 5.76. The highest BCUT2D eigenvalue weighted by Crippen LogP contribution is 2.41. The smallest absolute Gasteiger partial charge is 0.326 e. The predicted octanol–water partition coefficient (Wildman–Crippen LogP) is 1.42. The molecule has 0 bridgehead atoms. The Bertz CT molecular complexity index is 328. The molecule has 1 aliphatic carbocycles. The van der Waals surface area contributed by atoms with E-state index in [4.69, 9.17) is 4.74 Å². The van der Waals surface area contributed by atoms with Crippen molar-refractivity contribution < 1.29 is 19.4 Å². The number of carboxylic acids is 1. The molecule has 1 rings (SSSR count). The van der Waals surface area contributed by atoms with Crippen molar-refractivity contribution in [3.05, 3.63) is 0 Å². The normalized spacial score (nSPS) is 19.8. The fraction of sp³-hybridized carbons (Fsp3) is 0.846. The van der Waals surface area contributed by atoms with Gasteiger partial charge in [0.05, 0.1) is 12.0 Å². The third kappa shape index (κ3) is 3.02.